The predicted octanol–water partition coefficient (Wildman–Crippen LogP) is 4.84. The Bertz CT molecular complexity index is 1460. The van der Waals surface area contributed by atoms with E-state index in [4.69, 9.17) is 14.7 Å². The van der Waals surface area contributed by atoms with Gasteiger partial charge in [0.1, 0.15) is 18.2 Å². The van der Waals surface area contributed by atoms with Crippen molar-refractivity contribution in [2.45, 2.75) is 82.5 Å². The number of nitrogens with one attached hydrogen (secondary N) is 1. The van der Waals surface area contributed by atoms with Gasteiger partial charge >= 0.3 is 6.01 Å². The van der Waals surface area contributed by atoms with Crippen molar-refractivity contribution in [3.63, 3.8) is 0 Å². The van der Waals surface area contributed by atoms with Gasteiger partial charge in [0.25, 0.3) is 0 Å². The Hall–Kier alpha value is -2.97. The van der Waals surface area contributed by atoms with E-state index in [1.165, 1.54) is 57.2 Å². The molecule has 2 bridgehead atoms. The predicted molar refractivity (Wildman–Crippen MR) is 160 cm³/mol. The Labute approximate surface area is 242 Å². The van der Waals surface area contributed by atoms with Gasteiger partial charge in [0.05, 0.1) is 17.8 Å². The van der Waals surface area contributed by atoms with Crippen molar-refractivity contribution in [3.8, 4) is 6.01 Å². The highest BCUT2D eigenvalue weighted by Gasteiger charge is 2.45. The van der Waals surface area contributed by atoms with E-state index in [-0.39, 0.29) is 11.4 Å². The van der Waals surface area contributed by atoms with E-state index in [1.807, 2.05) is 13.0 Å². The first-order valence-corrected chi connectivity index (χ1v) is 15.8. The molecule has 8 rings (SSSR count). The molecule has 41 heavy (non-hydrogen) atoms. The monoisotopic (exact) mass is 556 g/mol. The summed E-state index contributed by atoms with van der Waals surface area (Å²) in [5.41, 5.74) is 4.37. The number of ether oxygens (including phenoxy) is 1. The third-order valence-electron chi connectivity index (χ3n) is 10.6. The van der Waals surface area contributed by atoms with Crippen LogP contribution in [0, 0.1) is 5.82 Å². The smallest absolute Gasteiger partial charge is 0.318 e. The van der Waals surface area contributed by atoms with Gasteiger partial charge < -0.3 is 19.9 Å². The molecule has 2 unspecified atom stereocenters. The molecule has 0 saturated carbocycles. The molecule has 3 aromatic rings. The fraction of sp³-hybridized carbons (Fsp3) is 0.576. The van der Waals surface area contributed by atoms with E-state index >= 15 is 0 Å². The first-order chi connectivity index (χ1) is 20.1. The molecule has 5 aliphatic rings. The lowest BCUT2D eigenvalue weighted by atomic mass is 9.95. The first kappa shape index (κ1) is 25.7. The summed E-state index contributed by atoms with van der Waals surface area (Å²) in [6.45, 7) is 8.60. The fourth-order valence-electron chi connectivity index (χ4n) is 8.57. The number of anilines is 2. The lowest BCUT2D eigenvalue weighted by molar-refractivity contribution is 0.107. The molecule has 1 aromatic heterocycles. The topological polar surface area (TPSA) is 56.8 Å². The van der Waals surface area contributed by atoms with Crippen molar-refractivity contribution < 1.29 is 9.13 Å². The van der Waals surface area contributed by atoms with Crippen molar-refractivity contribution in [1.82, 2.24) is 20.2 Å². The zero-order valence-electron chi connectivity index (χ0n) is 24.2. The van der Waals surface area contributed by atoms with Gasteiger partial charge in [0.15, 0.2) is 0 Å². The number of rotatable bonds is 6. The van der Waals surface area contributed by atoms with Crippen LogP contribution in [0.3, 0.4) is 0 Å². The van der Waals surface area contributed by atoms with E-state index in [9.17, 15) is 4.39 Å². The van der Waals surface area contributed by atoms with Crippen LogP contribution in [0.15, 0.2) is 30.3 Å². The van der Waals surface area contributed by atoms with Crippen LogP contribution in [0.25, 0.3) is 10.8 Å². The molecule has 0 radical (unpaired) electrons. The minimum Gasteiger partial charge on any atom is -0.461 e. The molecule has 5 aliphatic heterocycles. The first-order valence-electron chi connectivity index (χ1n) is 15.8. The van der Waals surface area contributed by atoms with E-state index in [1.54, 1.807) is 6.07 Å². The van der Waals surface area contributed by atoms with Gasteiger partial charge in [0, 0.05) is 48.4 Å². The van der Waals surface area contributed by atoms with E-state index in [2.05, 4.69) is 38.2 Å². The molecule has 7 nitrogen and oxygen atoms in total. The zero-order valence-corrected chi connectivity index (χ0v) is 24.2. The Morgan fingerprint density at radius 2 is 1.80 bits per heavy atom. The second-order valence-corrected chi connectivity index (χ2v) is 12.9. The molecule has 0 amide bonds. The molecule has 4 fully saturated rings. The van der Waals surface area contributed by atoms with Crippen LogP contribution < -0.4 is 19.9 Å². The Morgan fingerprint density at radius 1 is 1.00 bits per heavy atom. The highest BCUT2D eigenvalue weighted by Crippen LogP contribution is 2.40. The van der Waals surface area contributed by atoms with Crippen LogP contribution >= 0.6 is 0 Å². The number of nitrogens with zero attached hydrogens (tertiary/aromatic N) is 5. The van der Waals surface area contributed by atoms with Crippen molar-refractivity contribution >= 4 is 22.3 Å². The minimum atomic E-state index is -0.120. The third kappa shape index (κ3) is 4.36. The number of aryl methyl sites for hydroxylation is 1. The van der Waals surface area contributed by atoms with Crippen LogP contribution in [-0.2, 0) is 19.4 Å². The quantitative estimate of drug-likeness (QED) is 0.466. The Kier molecular flexibility index (Phi) is 6.33. The second-order valence-electron chi connectivity index (χ2n) is 12.9. The Balaban J connectivity index is 1.15. The summed E-state index contributed by atoms with van der Waals surface area (Å²) in [7, 11) is 0. The highest BCUT2D eigenvalue weighted by atomic mass is 19.1. The number of piperazine rings is 1. The van der Waals surface area contributed by atoms with Crippen LogP contribution in [0.2, 0.25) is 0 Å². The number of hydrogen-bond donors (Lipinski definition) is 1. The van der Waals surface area contributed by atoms with Gasteiger partial charge in [-0.3, -0.25) is 4.90 Å². The fourth-order valence-corrected chi connectivity index (χ4v) is 8.57. The summed E-state index contributed by atoms with van der Waals surface area (Å²) in [5.74, 6) is 0.958. The summed E-state index contributed by atoms with van der Waals surface area (Å²) in [6, 6.07) is 11.4. The molecular formula is C33H41FN6O. The van der Waals surface area contributed by atoms with E-state index in [0.717, 1.165) is 59.6 Å². The summed E-state index contributed by atoms with van der Waals surface area (Å²) in [6.07, 6.45) is 8.93. The molecule has 1 N–H and O–H groups in total. The van der Waals surface area contributed by atoms with Crippen LogP contribution in [-0.4, -0.2) is 71.8 Å². The molecular weight excluding hydrogens is 515 g/mol. The molecule has 6 heterocycles. The zero-order chi connectivity index (χ0) is 27.6. The average molecular weight is 557 g/mol. The average Bonchev–Trinajstić information content (AvgIpc) is 3.68. The molecule has 4 saturated heterocycles. The molecule has 2 aromatic carbocycles. The van der Waals surface area contributed by atoms with Crippen molar-refractivity contribution in [3.05, 3.63) is 53.0 Å². The minimum absolute atomic E-state index is 0.120. The number of fused-ring (bicyclic) bond motifs is 5. The molecule has 0 spiro atoms. The number of hydrogen-bond acceptors (Lipinski definition) is 7. The summed E-state index contributed by atoms with van der Waals surface area (Å²) >= 11 is 0. The largest absolute Gasteiger partial charge is 0.461 e. The van der Waals surface area contributed by atoms with Crippen LogP contribution in [0.1, 0.15) is 62.3 Å². The molecule has 8 heteroatoms. The maximum Gasteiger partial charge on any atom is 0.318 e. The van der Waals surface area contributed by atoms with Gasteiger partial charge in [-0.2, -0.15) is 9.97 Å². The summed E-state index contributed by atoms with van der Waals surface area (Å²) in [4.78, 5) is 17.8. The third-order valence-corrected chi connectivity index (χ3v) is 10.6. The van der Waals surface area contributed by atoms with Gasteiger partial charge in [0.2, 0.25) is 0 Å². The molecule has 2 atom stereocenters. The molecule has 216 valence electrons. The van der Waals surface area contributed by atoms with Crippen molar-refractivity contribution in [1.29, 1.82) is 0 Å². The maximum absolute atomic E-state index is 14.9. The second kappa shape index (κ2) is 10.1. The van der Waals surface area contributed by atoms with Crippen molar-refractivity contribution in [2.24, 2.45) is 0 Å². The number of halogens is 1. The van der Waals surface area contributed by atoms with Gasteiger partial charge in [-0.1, -0.05) is 25.1 Å². The van der Waals surface area contributed by atoms with Gasteiger partial charge in [-0.25, -0.2) is 4.39 Å². The highest BCUT2D eigenvalue weighted by molar-refractivity contribution is 5.97. The van der Waals surface area contributed by atoms with E-state index < -0.39 is 0 Å². The lowest BCUT2D eigenvalue weighted by Crippen LogP contribution is -2.52. The normalized spacial score (nSPS) is 25.1. The summed E-state index contributed by atoms with van der Waals surface area (Å²) in [5, 5.41) is 5.89. The van der Waals surface area contributed by atoms with E-state index in [0.29, 0.717) is 37.7 Å². The van der Waals surface area contributed by atoms with Gasteiger partial charge in [-0.05, 0) is 87.5 Å². The maximum atomic E-state index is 14.9. The lowest BCUT2D eigenvalue weighted by Gasteiger charge is -2.38. The summed E-state index contributed by atoms with van der Waals surface area (Å²) < 4.78 is 21.5. The van der Waals surface area contributed by atoms with Crippen molar-refractivity contribution in [2.75, 3.05) is 49.1 Å². The SMILES string of the molecule is CCc1c(F)ccc2cccc(N3CCc4c(nc(OCC56CCCN5CCC6)nc4N4CC5CCC(C4)N5)C3)c12. The number of aromatic nitrogens is 2. The standard InChI is InChI=1S/C33H41FN6O/c1-2-25-27(34)11-8-22-6-3-7-29(30(22)25)38-17-12-26-28(20-38)36-32(41-21-33-13-4-15-40(33)16-5-14-33)37-31(26)39-18-23-9-10-24(19-39)35-23/h3,6-8,11,23-24,35H,2,4-5,9-10,12-21H2,1H3. The van der Waals surface area contributed by atoms with Gasteiger partial charge in [-0.15, -0.1) is 0 Å². The van der Waals surface area contributed by atoms with Crippen LogP contribution in [0.4, 0.5) is 15.9 Å². The number of benzene rings is 2. The van der Waals surface area contributed by atoms with Crippen LogP contribution in [0.5, 0.6) is 6.01 Å². The Morgan fingerprint density at radius 3 is 2.59 bits per heavy atom. The molecule has 0 aliphatic carbocycles.